The van der Waals surface area contributed by atoms with Crippen LogP contribution in [-0.4, -0.2) is 20.2 Å². The maximum atomic E-state index is 5.87. The highest BCUT2D eigenvalue weighted by Gasteiger charge is 2.05. The van der Waals surface area contributed by atoms with E-state index in [1.165, 1.54) is 0 Å². The first-order valence-electron chi connectivity index (χ1n) is 7.09. The van der Waals surface area contributed by atoms with Gasteiger partial charge in [0.05, 0.1) is 6.61 Å². The fourth-order valence-electron chi connectivity index (χ4n) is 1.87. The van der Waals surface area contributed by atoms with Crippen LogP contribution >= 0.6 is 11.6 Å². The molecule has 21 heavy (non-hydrogen) atoms. The van der Waals surface area contributed by atoms with Crippen molar-refractivity contribution in [2.75, 3.05) is 20.2 Å². The van der Waals surface area contributed by atoms with Crippen molar-refractivity contribution in [1.29, 1.82) is 0 Å². The lowest BCUT2D eigenvalue weighted by molar-refractivity contribution is 0.293. The van der Waals surface area contributed by atoms with Crippen LogP contribution < -0.4 is 14.8 Å². The minimum Gasteiger partial charge on any atom is -0.490 e. The molecular formula is C17H20ClNO2. The van der Waals surface area contributed by atoms with Crippen LogP contribution in [0.3, 0.4) is 0 Å². The number of hydrogen-bond acceptors (Lipinski definition) is 3. The molecule has 1 N–H and O–H groups in total. The van der Waals surface area contributed by atoms with Crippen molar-refractivity contribution in [3.05, 3.63) is 53.6 Å². The van der Waals surface area contributed by atoms with E-state index in [4.69, 9.17) is 21.1 Å². The predicted molar refractivity (Wildman–Crippen MR) is 86.6 cm³/mol. The second kappa shape index (κ2) is 8.55. The quantitative estimate of drug-likeness (QED) is 0.728. The third kappa shape index (κ3) is 5.29. The van der Waals surface area contributed by atoms with Gasteiger partial charge in [-0.3, -0.25) is 0 Å². The van der Waals surface area contributed by atoms with Crippen LogP contribution in [0, 0.1) is 0 Å². The number of rotatable bonds is 8. The van der Waals surface area contributed by atoms with Crippen molar-refractivity contribution in [2.24, 2.45) is 0 Å². The first-order chi connectivity index (χ1) is 10.3. The Morgan fingerprint density at radius 3 is 2.38 bits per heavy atom. The van der Waals surface area contributed by atoms with Crippen LogP contribution in [0.15, 0.2) is 48.5 Å². The van der Waals surface area contributed by atoms with Crippen molar-refractivity contribution < 1.29 is 9.47 Å². The van der Waals surface area contributed by atoms with Crippen molar-refractivity contribution in [1.82, 2.24) is 5.32 Å². The lowest BCUT2D eigenvalue weighted by atomic mass is 10.3. The number of halogens is 1. The fraction of sp³-hybridized carbons (Fsp3) is 0.294. The maximum Gasteiger partial charge on any atom is 0.169 e. The molecule has 4 heteroatoms. The average molecular weight is 306 g/mol. The molecule has 0 aliphatic heterocycles. The fourth-order valence-corrected chi connectivity index (χ4v) is 2.00. The highest BCUT2D eigenvalue weighted by molar-refractivity contribution is 6.30. The summed E-state index contributed by atoms with van der Waals surface area (Å²) < 4.78 is 11.6. The first-order valence-corrected chi connectivity index (χ1v) is 7.47. The highest BCUT2D eigenvalue weighted by Crippen LogP contribution is 2.31. The van der Waals surface area contributed by atoms with Crippen LogP contribution in [0.2, 0.25) is 5.02 Å². The zero-order chi connectivity index (χ0) is 14.9. The van der Waals surface area contributed by atoms with E-state index in [0.717, 1.165) is 30.9 Å². The molecule has 0 radical (unpaired) electrons. The van der Waals surface area contributed by atoms with Crippen LogP contribution in [0.25, 0.3) is 0 Å². The Labute approximate surface area is 130 Å². The maximum absolute atomic E-state index is 5.87. The third-order valence-electron chi connectivity index (χ3n) is 2.97. The molecule has 0 fully saturated rings. The normalized spacial score (nSPS) is 10.4. The van der Waals surface area contributed by atoms with E-state index in [9.17, 15) is 0 Å². The second-order valence-corrected chi connectivity index (χ2v) is 5.10. The van der Waals surface area contributed by atoms with Gasteiger partial charge in [-0.15, -0.1) is 0 Å². The summed E-state index contributed by atoms with van der Waals surface area (Å²) in [6, 6.07) is 15.0. The summed E-state index contributed by atoms with van der Waals surface area (Å²) in [5.41, 5.74) is 0. The summed E-state index contributed by atoms with van der Waals surface area (Å²) >= 11 is 5.87. The van der Waals surface area contributed by atoms with Gasteiger partial charge in [-0.2, -0.15) is 0 Å². The van der Waals surface area contributed by atoms with Gasteiger partial charge in [0.1, 0.15) is 5.75 Å². The zero-order valence-corrected chi connectivity index (χ0v) is 12.9. The van der Waals surface area contributed by atoms with E-state index >= 15 is 0 Å². The summed E-state index contributed by atoms with van der Waals surface area (Å²) in [7, 11) is 1.95. The molecule has 0 amide bonds. The van der Waals surface area contributed by atoms with E-state index in [2.05, 4.69) is 5.32 Å². The molecule has 0 atom stereocenters. The van der Waals surface area contributed by atoms with E-state index in [-0.39, 0.29) is 0 Å². The minimum atomic E-state index is 0.683. The molecule has 0 heterocycles. The van der Waals surface area contributed by atoms with Gasteiger partial charge in [0, 0.05) is 5.02 Å². The number of unbranched alkanes of at least 4 members (excludes halogenated alkanes) is 1. The Kier molecular flexibility index (Phi) is 6.38. The smallest absolute Gasteiger partial charge is 0.169 e. The minimum absolute atomic E-state index is 0.683. The molecule has 0 spiro atoms. The van der Waals surface area contributed by atoms with Gasteiger partial charge >= 0.3 is 0 Å². The third-order valence-corrected chi connectivity index (χ3v) is 3.22. The average Bonchev–Trinajstić information content (AvgIpc) is 2.51. The molecule has 112 valence electrons. The van der Waals surface area contributed by atoms with Gasteiger partial charge in [0.25, 0.3) is 0 Å². The first kappa shape index (κ1) is 15.7. The summed E-state index contributed by atoms with van der Waals surface area (Å²) in [6.45, 7) is 1.69. The van der Waals surface area contributed by atoms with Crippen LogP contribution in [-0.2, 0) is 0 Å². The number of para-hydroxylation sites is 2. The number of benzene rings is 2. The molecule has 0 saturated heterocycles. The molecule has 2 rings (SSSR count). The molecule has 0 saturated carbocycles. The van der Waals surface area contributed by atoms with Crippen molar-refractivity contribution >= 4 is 11.6 Å². The Bertz CT molecular complexity index is 543. The highest BCUT2D eigenvalue weighted by atomic mass is 35.5. The largest absolute Gasteiger partial charge is 0.490 e. The van der Waals surface area contributed by atoms with E-state index in [0.29, 0.717) is 17.4 Å². The van der Waals surface area contributed by atoms with Gasteiger partial charge in [-0.25, -0.2) is 0 Å². The summed E-state index contributed by atoms with van der Waals surface area (Å²) in [5.74, 6) is 2.22. The number of ether oxygens (including phenoxy) is 2. The SMILES string of the molecule is CNCCCCOc1ccccc1Oc1ccc(Cl)cc1. The summed E-state index contributed by atoms with van der Waals surface area (Å²) in [4.78, 5) is 0. The number of nitrogens with one attached hydrogen (secondary N) is 1. The standard InChI is InChI=1S/C17H20ClNO2/c1-19-12-4-5-13-20-16-6-2-3-7-17(16)21-15-10-8-14(18)9-11-15/h2-3,6-11,19H,4-5,12-13H2,1H3. The van der Waals surface area contributed by atoms with Crippen molar-refractivity contribution in [3.8, 4) is 17.2 Å². The van der Waals surface area contributed by atoms with Gasteiger partial charge in [0.15, 0.2) is 11.5 Å². The molecule has 0 bridgehead atoms. The molecule has 0 unspecified atom stereocenters. The summed E-state index contributed by atoms with van der Waals surface area (Å²) in [5, 5.41) is 3.82. The second-order valence-electron chi connectivity index (χ2n) is 4.66. The van der Waals surface area contributed by atoms with Gasteiger partial charge in [0.2, 0.25) is 0 Å². The lowest BCUT2D eigenvalue weighted by Crippen LogP contribution is -2.09. The molecule has 0 aliphatic carbocycles. The van der Waals surface area contributed by atoms with E-state index in [1.54, 1.807) is 12.1 Å². The molecular weight excluding hydrogens is 286 g/mol. The molecule has 0 aliphatic rings. The van der Waals surface area contributed by atoms with Crippen LogP contribution in [0.5, 0.6) is 17.2 Å². The zero-order valence-electron chi connectivity index (χ0n) is 12.1. The predicted octanol–water partition coefficient (Wildman–Crippen LogP) is 4.51. The van der Waals surface area contributed by atoms with E-state index in [1.807, 2.05) is 43.4 Å². The molecule has 2 aromatic rings. The Hall–Kier alpha value is -1.71. The Morgan fingerprint density at radius 2 is 1.67 bits per heavy atom. The lowest BCUT2D eigenvalue weighted by Gasteiger charge is -2.12. The van der Waals surface area contributed by atoms with E-state index < -0.39 is 0 Å². The topological polar surface area (TPSA) is 30.5 Å². The number of hydrogen-bond donors (Lipinski definition) is 1. The van der Waals surface area contributed by atoms with Crippen molar-refractivity contribution in [3.63, 3.8) is 0 Å². The Morgan fingerprint density at radius 1 is 0.952 bits per heavy atom. The van der Waals surface area contributed by atoms with Gasteiger partial charge in [-0.05, 0) is 62.8 Å². The van der Waals surface area contributed by atoms with Gasteiger partial charge in [-0.1, -0.05) is 23.7 Å². The van der Waals surface area contributed by atoms with Crippen molar-refractivity contribution in [2.45, 2.75) is 12.8 Å². The molecule has 0 aromatic heterocycles. The van der Waals surface area contributed by atoms with Gasteiger partial charge < -0.3 is 14.8 Å². The van der Waals surface area contributed by atoms with Crippen LogP contribution in [0.4, 0.5) is 0 Å². The van der Waals surface area contributed by atoms with Crippen LogP contribution in [0.1, 0.15) is 12.8 Å². The Balaban J connectivity index is 1.94. The molecule has 3 nitrogen and oxygen atoms in total. The summed E-state index contributed by atoms with van der Waals surface area (Å²) in [6.07, 6.45) is 2.10. The monoisotopic (exact) mass is 305 g/mol. The molecule has 2 aromatic carbocycles.